The third-order valence-electron chi connectivity index (χ3n) is 3.52. The molecule has 2 aromatic rings. The van der Waals surface area contributed by atoms with E-state index in [1.54, 1.807) is 13.2 Å². The van der Waals surface area contributed by atoms with Crippen LogP contribution in [0.4, 0.5) is 0 Å². The third-order valence-corrected chi connectivity index (χ3v) is 4.31. The zero-order valence-corrected chi connectivity index (χ0v) is 16.1. The first kappa shape index (κ1) is 19.4. The van der Waals surface area contributed by atoms with Crippen LogP contribution < -0.4 is 9.47 Å². The maximum atomic E-state index is 12.7. The molecule has 0 aromatic heterocycles. The van der Waals surface area contributed by atoms with Gasteiger partial charge in [-0.3, -0.25) is 4.79 Å². The first-order valence-corrected chi connectivity index (χ1v) is 8.61. The molecule has 2 aromatic carbocycles. The van der Waals surface area contributed by atoms with Crippen LogP contribution in [0.5, 0.6) is 11.5 Å². The van der Waals surface area contributed by atoms with Crippen molar-refractivity contribution in [3.8, 4) is 22.6 Å². The number of benzene rings is 2. The molecule has 0 aliphatic rings. The largest absolute Gasteiger partial charge is 0.467 e. The van der Waals surface area contributed by atoms with E-state index in [0.29, 0.717) is 33.5 Å². The van der Waals surface area contributed by atoms with Crippen molar-refractivity contribution in [1.29, 1.82) is 0 Å². The fourth-order valence-electron chi connectivity index (χ4n) is 2.40. The highest BCUT2D eigenvalue weighted by Gasteiger charge is 2.24. The van der Waals surface area contributed by atoms with Gasteiger partial charge in [-0.25, -0.2) is 0 Å². The first-order valence-electron chi connectivity index (χ1n) is 7.82. The minimum absolute atomic E-state index is 0.0177. The van der Waals surface area contributed by atoms with Crippen LogP contribution in [-0.2, 0) is 9.47 Å². The summed E-state index contributed by atoms with van der Waals surface area (Å²) in [5.74, 6) is 0.972. The fourth-order valence-corrected chi connectivity index (χ4v) is 3.05. The number of carbonyl (C=O) groups excluding carboxylic acids is 1. The summed E-state index contributed by atoms with van der Waals surface area (Å²) in [6.45, 7) is 1.94. The van der Waals surface area contributed by atoms with Crippen molar-refractivity contribution < 1.29 is 23.7 Å². The second kappa shape index (κ2) is 9.56. The van der Waals surface area contributed by atoms with Crippen LogP contribution in [0, 0.1) is 0 Å². The van der Waals surface area contributed by atoms with Gasteiger partial charge in [0.1, 0.15) is 11.5 Å². The molecular formula is C19H21BrO5. The Hall–Kier alpha value is -1.89. The first-order chi connectivity index (χ1) is 12.1. The van der Waals surface area contributed by atoms with E-state index < -0.39 is 0 Å². The van der Waals surface area contributed by atoms with Crippen molar-refractivity contribution in [3.63, 3.8) is 0 Å². The summed E-state index contributed by atoms with van der Waals surface area (Å²) in [5, 5.41) is 0. The van der Waals surface area contributed by atoms with E-state index in [9.17, 15) is 4.79 Å². The van der Waals surface area contributed by atoms with Crippen LogP contribution in [0.25, 0.3) is 11.1 Å². The quantitative estimate of drug-likeness (QED) is 0.445. The molecule has 2 rings (SSSR count). The molecule has 0 saturated heterocycles. The highest BCUT2D eigenvalue weighted by atomic mass is 79.9. The highest BCUT2D eigenvalue weighted by molar-refractivity contribution is 9.10. The summed E-state index contributed by atoms with van der Waals surface area (Å²) in [6.07, 6.45) is 0.357. The summed E-state index contributed by atoms with van der Waals surface area (Å²) in [7, 11) is 3.08. The number of carbonyl (C=O) groups is 1. The number of ether oxygens (including phenoxy) is 4. The molecule has 0 spiro atoms. The van der Waals surface area contributed by atoms with Crippen LogP contribution in [-0.4, -0.2) is 33.6 Å². The van der Waals surface area contributed by atoms with Gasteiger partial charge in [-0.05, 0) is 21.5 Å². The van der Waals surface area contributed by atoms with Crippen LogP contribution in [0.15, 0.2) is 40.9 Å². The van der Waals surface area contributed by atoms with Gasteiger partial charge >= 0.3 is 0 Å². The van der Waals surface area contributed by atoms with Crippen molar-refractivity contribution in [2.45, 2.75) is 13.3 Å². The van der Waals surface area contributed by atoms with E-state index in [0.717, 1.165) is 5.56 Å². The zero-order valence-electron chi connectivity index (χ0n) is 14.5. The normalized spacial score (nSPS) is 10.6. The van der Waals surface area contributed by atoms with Gasteiger partial charge in [0, 0.05) is 37.8 Å². The minimum atomic E-state index is -0.0177. The molecule has 0 heterocycles. The van der Waals surface area contributed by atoms with Crippen molar-refractivity contribution in [2.24, 2.45) is 0 Å². The number of ketones is 1. The van der Waals surface area contributed by atoms with Crippen LogP contribution in [0.1, 0.15) is 23.7 Å². The maximum absolute atomic E-state index is 12.7. The molecule has 0 radical (unpaired) electrons. The van der Waals surface area contributed by atoms with Gasteiger partial charge in [0.05, 0.1) is 4.47 Å². The molecule has 0 saturated carbocycles. The van der Waals surface area contributed by atoms with E-state index in [1.165, 1.54) is 7.11 Å². The second-order valence-corrected chi connectivity index (χ2v) is 5.97. The summed E-state index contributed by atoms with van der Waals surface area (Å²) < 4.78 is 21.9. The lowest BCUT2D eigenvalue weighted by atomic mass is 9.94. The molecule has 25 heavy (non-hydrogen) atoms. The SMILES string of the molecule is CCC(=O)c1c(Br)c(OCOC)cc(OCOC)c1-c1ccccc1. The average molecular weight is 409 g/mol. The van der Waals surface area contributed by atoms with E-state index in [4.69, 9.17) is 18.9 Å². The van der Waals surface area contributed by atoms with Crippen LogP contribution in [0.2, 0.25) is 0 Å². The Morgan fingerprint density at radius 2 is 1.60 bits per heavy atom. The highest BCUT2D eigenvalue weighted by Crippen LogP contribution is 2.43. The van der Waals surface area contributed by atoms with Crippen LogP contribution in [0.3, 0.4) is 0 Å². The molecule has 0 aliphatic carbocycles. The van der Waals surface area contributed by atoms with Crippen molar-refractivity contribution in [3.05, 3.63) is 46.4 Å². The summed E-state index contributed by atoms with van der Waals surface area (Å²) in [5.41, 5.74) is 2.11. The summed E-state index contributed by atoms with van der Waals surface area (Å²) >= 11 is 3.52. The number of methoxy groups -OCH3 is 2. The molecule has 134 valence electrons. The molecule has 5 nitrogen and oxygen atoms in total. The zero-order chi connectivity index (χ0) is 18.2. The Bertz CT molecular complexity index is 715. The molecule has 0 aliphatic heterocycles. The topological polar surface area (TPSA) is 54.0 Å². The Kier molecular flexibility index (Phi) is 7.43. The van der Waals surface area contributed by atoms with E-state index in [-0.39, 0.29) is 19.4 Å². The lowest BCUT2D eigenvalue weighted by Crippen LogP contribution is -2.09. The van der Waals surface area contributed by atoms with E-state index in [1.807, 2.05) is 37.3 Å². The van der Waals surface area contributed by atoms with E-state index in [2.05, 4.69) is 15.9 Å². The maximum Gasteiger partial charge on any atom is 0.188 e. The second-order valence-electron chi connectivity index (χ2n) is 5.18. The standard InChI is InChI=1S/C19H21BrO5/c1-4-14(21)18-17(13-8-6-5-7-9-13)15(24-11-22-2)10-16(19(18)20)25-12-23-3/h5-10H,4,11-12H2,1-3H3. The number of hydrogen-bond acceptors (Lipinski definition) is 5. The molecule has 0 bridgehead atoms. The molecule has 0 N–H and O–H groups in total. The van der Waals surface area contributed by atoms with Gasteiger partial charge < -0.3 is 18.9 Å². The van der Waals surface area contributed by atoms with E-state index >= 15 is 0 Å². The lowest BCUT2D eigenvalue weighted by Gasteiger charge is -2.19. The Morgan fingerprint density at radius 3 is 2.16 bits per heavy atom. The minimum Gasteiger partial charge on any atom is -0.467 e. The van der Waals surface area contributed by atoms with Crippen molar-refractivity contribution >= 4 is 21.7 Å². The molecule has 0 amide bonds. The third kappa shape index (κ3) is 4.60. The number of rotatable bonds is 9. The van der Waals surface area contributed by atoms with Gasteiger partial charge in [-0.15, -0.1) is 0 Å². The molecule has 6 heteroatoms. The number of hydrogen-bond donors (Lipinski definition) is 0. The Balaban J connectivity index is 2.71. The molecule has 0 atom stereocenters. The van der Waals surface area contributed by atoms with Gasteiger partial charge in [0.2, 0.25) is 0 Å². The van der Waals surface area contributed by atoms with Crippen molar-refractivity contribution in [1.82, 2.24) is 0 Å². The summed E-state index contributed by atoms with van der Waals surface area (Å²) in [6, 6.07) is 11.4. The predicted molar refractivity (Wildman–Crippen MR) is 99.2 cm³/mol. The molecular weight excluding hydrogens is 388 g/mol. The smallest absolute Gasteiger partial charge is 0.188 e. The van der Waals surface area contributed by atoms with Gasteiger partial charge in [-0.1, -0.05) is 37.3 Å². The summed E-state index contributed by atoms with van der Waals surface area (Å²) in [4.78, 5) is 12.7. The van der Waals surface area contributed by atoms with Gasteiger partial charge in [0.15, 0.2) is 19.4 Å². The van der Waals surface area contributed by atoms with Crippen molar-refractivity contribution in [2.75, 3.05) is 27.8 Å². The molecule has 0 unspecified atom stereocenters. The lowest BCUT2D eigenvalue weighted by molar-refractivity contribution is 0.0457. The average Bonchev–Trinajstić information content (AvgIpc) is 2.65. The molecule has 0 fully saturated rings. The Labute approximate surface area is 156 Å². The van der Waals surface area contributed by atoms with Gasteiger partial charge in [0.25, 0.3) is 0 Å². The monoisotopic (exact) mass is 408 g/mol. The number of halogens is 1. The number of Topliss-reactive ketones (excluding diaryl/α,β-unsaturated/α-hetero) is 1. The Morgan fingerprint density at radius 1 is 1.00 bits per heavy atom. The predicted octanol–water partition coefficient (Wildman–Crippen LogP) is 4.67. The fraction of sp³-hybridized carbons (Fsp3) is 0.316. The van der Waals surface area contributed by atoms with Crippen LogP contribution >= 0.6 is 15.9 Å². The van der Waals surface area contributed by atoms with Gasteiger partial charge in [-0.2, -0.15) is 0 Å².